The van der Waals surface area contributed by atoms with Crippen LogP contribution in [0, 0.1) is 11.3 Å². The molecule has 0 fully saturated rings. The second kappa shape index (κ2) is 8.83. The smallest absolute Gasteiger partial charge is 0.189 e. The van der Waals surface area contributed by atoms with E-state index in [-0.39, 0.29) is 0 Å². The topological polar surface area (TPSA) is 80.1 Å². The molecule has 6 nitrogen and oxygen atoms in total. The lowest BCUT2D eigenvalue weighted by atomic mass is 10.1. The molecule has 8 heteroatoms. The van der Waals surface area contributed by atoms with Gasteiger partial charge in [0.25, 0.3) is 0 Å². The minimum atomic E-state index is 0.331. The molecule has 0 aliphatic carbocycles. The van der Waals surface area contributed by atoms with Gasteiger partial charge in [0.15, 0.2) is 11.0 Å². The molecule has 0 aliphatic heterocycles. The average Bonchev–Trinajstić information content (AvgIpc) is 2.74. The molecule has 1 N–H and O–H groups in total. The quantitative estimate of drug-likeness (QED) is 0.442. The number of rotatable bonds is 6. The Kier molecular flexibility index (Phi) is 6.24. The Morgan fingerprint density at radius 3 is 2.43 bits per heavy atom. The standard InChI is InChI=1S/C20H17ClN4O2S/c1-26-14-8-9-16(17(10-14)27-2)23-19-15(11-22)18(24-20(25-19)28-3)12-4-6-13(21)7-5-12/h4-10H,1-3H3,(H,23,24,25). The monoisotopic (exact) mass is 412 g/mol. The Morgan fingerprint density at radius 1 is 1.07 bits per heavy atom. The lowest BCUT2D eigenvalue weighted by Crippen LogP contribution is -2.04. The van der Waals surface area contributed by atoms with Crippen LogP contribution in [0.1, 0.15) is 5.56 Å². The van der Waals surface area contributed by atoms with Crippen molar-refractivity contribution in [1.29, 1.82) is 5.26 Å². The molecule has 0 saturated carbocycles. The van der Waals surface area contributed by atoms with Gasteiger partial charge in [0.05, 0.1) is 25.6 Å². The van der Waals surface area contributed by atoms with Crippen molar-refractivity contribution in [2.45, 2.75) is 5.16 Å². The summed E-state index contributed by atoms with van der Waals surface area (Å²) in [7, 11) is 3.15. The maximum Gasteiger partial charge on any atom is 0.189 e. The molecule has 2 aromatic carbocycles. The molecule has 0 amide bonds. The van der Waals surface area contributed by atoms with Gasteiger partial charge >= 0.3 is 0 Å². The van der Waals surface area contributed by atoms with Crippen molar-refractivity contribution in [3.63, 3.8) is 0 Å². The van der Waals surface area contributed by atoms with E-state index in [1.165, 1.54) is 11.8 Å². The summed E-state index contributed by atoms with van der Waals surface area (Å²) in [6.45, 7) is 0. The summed E-state index contributed by atoms with van der Waals surface area (Å²) in [6, 6.07) is 14.8. The second-order valence-corrected chi connectivity index (χ2v) is 6.80. The summed E-state index contributed by atoms with van der Waals surface area (Å²) in [5.74, 6) is 1.63. The Bertz CT molecular complexity index is 1040. The van der Waals surface area contributed by atoms with Gasteiger partial charge < -0.3 is 14.8 Å². The van der Waals surface area contributed by atoms with Gasteiger partial charge in [-0.05, 0) is 30.5 Å². The van der Waals surface area contributed by atoms with Crippen molar-refractivity contribution >= 4 is 34.9 Å². The highest BCUT2D eigenvalue weighted by atomic mass is 35.5. The van der Waals surface area contributed by atoms with Crippen LogP contribution >= 0.6 is 23.4 Å². The van der Waals surface area contributed by atoms with Gasteiger partial charge in [-0.15, -0.1) is 0 Å². The summed E-state index contributed by atoms with van der Waals surface area (Å²) in [4.78, 5) is 9.01. The number of benzene rings is 2. The number of methoxy groups -OCH3 is 2. The molecule has 0 bridgehead atoms. The molecule has 28 heavy (non-hydrogen) atoms. The molecule has 0 saturated heterocycles. The van der Waals surface area contributed by atoms with E-state index in [1.807, 2.05) is 24.5 Å². The predicted octanol–water partition coefficient (Wildman–Crippen LogP) is 5.15. The van der Waals surface area contributed by atoms with Crippen molar-refractivity contribution < 1.29 is 9.47 Å². The summed E-state index contributed by atoms with van der Waals surface area (Å²) >= 11 is 7.38. The number of aromatic nitrogens is 2. The number of hydrogen-bond acceptors (Lipinski definition) is 7. The van der Waals surface area contributed by atoms with Crippen LogP contribution in [0.5, 0.6) is 11.5 Å². The van der Waals surface area contributed by atoms with Crippen LogP contribution in [0.3, 0.4) is 0 Å². The molecule has 142 valence electrons. The highest BCUT2D eigenvalue weighted by molar-refractivity contribution is 7.98. The first-order valence-electron chi connectivity index (χ1n) is 8.20. The zero-order chi connectivity index (χ0) is 20.1. The molecule has 0 radical (unpaired) electrons. The fourth-order valence-corrected chi connectivity index (χ4v) is 3.07. The molecule has 1 heterocycles. The molecular formula is C20H17ClN4O2S. The average molecular weight is 413 g/mol. The van der Waals surface area contributed by atoms with Gasteiger partial charge in [-0.1, -0.05) is 35.5 Å². The van der Waals surface area contributed by atoms with E-state index in [0.29, 0.717) is 44.4 Å². The highest BCUT2D eigenvalue weighted by Crippen LogP contribution is 2.35. The lowest BCUT2D eigenvalue weighted by Gasteiger charge is -2.15. The summed E-state index contributed by atoms with van der Waals surface area (Å²) < 4.78 is 10.7. The van der Waals surface area contributed by atoms with Crippen LogP contribution in [0.4, 0.5) is 11.5 Å². The van der Waals surface area contributed by atoms with Crippen LogP contribution < -0.4 is 14.8 Å². The van der Waals surface area contributed by atoms with Gasteiger partial charge in [-0.25, -0.2) is 9.97 Å². The first-order chi connectivity index (χ1) is 13.6. The normalized spacial score (nSPS) is 10.2. The molecule has 3 rings (SSSR count). The van der Waals surface area contributed by atoms with Crippen molar-refractivity contribution in [2.75, 3.05) is 25.8 Å². The van der Waals surface area contributed by atoms with Crippen LogP contribution in [-0.4, -0.2) is 30.4 Å². The molecule has 0 spiro atoms. The third-order valence-corrected chi connectivity index (χ3v) is 4.76. The van der Waals surface area contributed by atoms with E-state index in [2.05, 4.69) is 21.4 Å². The van der Waals surface area contributed by atoms with Gasteiger partial charge in [-0.3, -0.25) is 0 Å². The van der Waals surface area contributed by atoms with E-state index in [1.54, 1.807) is 38.5 Å². The zero-order valence-corrected chi connectivity index (χ0v) is 17.1. The Hall–Kier alpha value is -2.95. The molecule has 0 aliphatic rings. The van der Waals surface area contributed by atoms with Crippen molar-refractivity contribution in [2.24, 2.45) is 0 Å². The van der Waals surface area contributed by atoms with Crippen LogP contribution in [0.15, 0.2) is 47.6 Å². The number of ether oxygens (including phenoxy) is 2. The van der Waals surface area contributed by atoms with E-state index >= 15 is 0 Å². The minimum Gasteiger partial charge on any atom is -0.497 e. The number of hydrogen-bond donors (Lipinski definition) is 1. The summed E-state index contributed by atoms with van der Waals surface area (Å²) in [5, 5.41) is 14.2. The van der Waals surface area contributed by atoms with Crippen molar-refractivity contribution in [3.05, 3.63) is 53.1 Å². The largest absolute Gasteiger partial charge is 0.497 e. The molecule has 1 aromatic heterocycles. The summed E-state index contributed by atoms with van der Waals surface area (Å²) in [6.07, 6.45) is 1.88. The predicted molar refractivity (Wildman–Crippen MR) is 112 cm³/mol. The SMILES string of the molecule is COc1ccc(Nc2nc(SC)nc(-c3ccc(Cl)cc3)c2C#N)c(OC)c1. The maximum absolute atomic E-state index is 9.81. The number of halogens is 1. The third-order valence-electron chi connectivity index (χ3n) is 3.96. The number of nitrogens with zero attached hydrogens (tertiary/aromatic N) is 3. The number of nitriles is 1. The Labute approximate surface area is 172 Å². The minimum absolute atomic E-state index is 0.331. The fraction of sp³-hybridized carbons (Fsp3) is 0.150. The lowest BCUT2D eigenvalue weighted by molar-refractivity contribution is 0.395. The third kappa shape index (κ3) is 4.14. The molecular weight excluding hydrogens is 396 g/mol. The zero-order valence-electron chi connectivity index (χ0n) is 15.5. The van der Waals surface area contributed by atoms with Crippen LogP contribution in [0.2, 0.25) is 5.02 Å². The molecule has 0 atom stereocenters. The first-order valence-corrected chi connectivity index (χ1v) is 9.81. The van der Waals surface area contributed by atoms with E-state index < -0.39 is 0 Å². The Morgan fingerprint density at radius 2 is 1.82 bits per heavy atom. The van der Waals surface area contributed by atoms with E-state index in [4.69, 9.17) is 21.1 Å². The fourth-order valence-electron chi connectivity index (χ4n) is 2.57. The van der Waals surface area contributed by atoms with Crippen LogP contribution in [0.25, 0.3) is 11.3 Å². The highest BCUT2D eigenvalue weighted by Gasteiger charge is 2.17. The van der Waals surface area contributed by atoms with Gasteiger partial charge in [0.1, 0.15) is 23.1 Å². The van der Waals surface area contributed by atoms with E-state index in [0.717, 1.165) is 5.56 Å². The van der Waals surface area contributed by atoms with Gasteiger partial charge in [0.2, 0.25) is 0 Å². The second-order valence-electron chi connectivity index (χ2n) is 5.59. The van der Waals surface area contributed by atoms with E-state index in [9.17, 15) is 5.26 Å². The number of anilines is 2. The Balaban J connectivity index is 2.12. The number of thioether (sulfide) groups is 1. The molecule has 3 aromatic rings. The number of nitrogens with one attached hydrogen (secondary N) is 1. The van der Waals surface area contributed by atoms with Crippen molar-refractivity contribution in [3.8, 4) is 28.8 Å². The maximum atomic E-state index is 9.81. The summed E-state index contributed by atoms with van der Waals surface area (Å²) in [5.41, 5.74) is 2.31. The van der Waals surface area contributed by atoms with Crippen LogP contribution in [-0.2, 0) is 0 Å². The molecule has 0 unspecified atom stereocenters. The van der Waals surface area contributed by atoms with Gasteiger partial charge in [0, 0.05) is 16.7 Å². The van der Waals surface area contributed by atoms with Gasteiger partial charge in [-0.2, -0.15) is 5.26 Å². The first kappa shape index (κ1) is 19.8. The van der Waals surface area contributed by atoms with Crippen molar-refractivity contribution in [1.82, 2.24) is 9.97 Å².